The van der Waals surface area contributed by atoms with Crippen LogP contribution < -0.4 is 0 Å². The van der Waals surface area contributed by atoms with E-state index in [0.717, 1.165) is 0 Å². The molecule has 0 spiro atoms. The Morgan fingerprint density at radius 1 is 1.31 bits per heavy atom. The number of rotatable bonds is 1. The quantitative estimate of drug-likeness (QED) is 0.837. The van der Waals surface area contributed by atoms with Gasteiger partial charge in [0.05, 0.1) is 12.0 Å². The van der Waals surface area contributed by atoms with Gasteiger partial charge in [0, 0.05) is 23.6 Å². The van der Waals surface area contributed by atoms with Crippen LogP contribution in [0.15, 0.2) is 18.2 Å². The molecule has 1 heterocycles. The van der Waals surface area contributed by atoms with Crippen LogP contribution in [0.2, 0.25) is 10.0 Å². The molecule has 0 saturated carbocycles. The van der Waals surface area contributed by atoms with E-state index in [1.54, 1.807) is 25.2 Å². The van der Waals surface area contributed by atoms with E-state index in [-0.39, 0.29) is 5.91 Å². The number of benzene rings is 1. The standard InChI is InChI=1S/C11H11Cl2NO2/c1-14-5-9(15)10(11(14)16)6-2-7(12)4-8(13)3-6/h2-4,9-10,15H,5H2,1H3. The third-order valence-electron chi connectivity index (χ3n) is 2.73. The molecule has 1 N–H and O–H groups in total. The first-order valence-electron chi connectivity index (χ1n) is 4.88. The second-order valence-corrected chi connectivity index (χ2v) is 4.84. The van der Waals surface area contributed by atoms with Crippen molar-refractivity contribution in [3.8, 4) is 0 Å². The normalized spacial score (nSPS) is 25.2. The third-order valence-corrected chi connectivity index (χ3v) is 3.17. The van der Waals surface area contributed by atoms with Crippen LogP contribution in [0.4, 0.5) is 0 Å². The van der Waals surface area contributed by atoms with Crippen molar-refractivity contribution >= 4 is 29.1 Å². The number of β-amino-alcohol motifs (C(OH)–C–C–N with tert-alkyl or cyclic N) is 1. The van der Waals surface area contributed by atoms with Crippen molar-refractivity contribution in [1.82, 2.24) is 4.90 Å². The summed E-state index contributed by atoms with van der Waals surface area (Å²) in [5.74, 6) is -0.660. The van der Waals surface area contributed by atoms with Gasteiger partial charge in [-0.3, -0.25) is 4.79 Å². The molecule has 5 heteroatoms. The highest BCUT2D eigenvalue weighted by molar-refractivity contribution is 6.34. The summed E-state index contributed by atoms with van der Waals surface area (Å²) in [5.41, 5.74) is 0.666. The molecule has 1 amide bonds. The Hall–Kier alpha value is -0.770. The van der Waals surface area contributed by atoms with Crippen LogP contribution in [0.3, 0.4) is 0 Å². The molecule has 86 valence electrons. The van der Waals surface area contributed by atoms with Crippen molar-refractivity contribution in [1.29, 1.82) is 0 Å². The van der Waals surface area contributed by atoms with Crippen LogP contribution in [0.5, 0.6) is 0 Å². The first kappa shape index (κ1) is 11.7. The summed E-state index contributed by atoms with van der Waals surface area (Å²) in [5, 5.41) is 10.8. The van der Waals surface area contributed by atoms with Gasteiger partial charge in [-0.1, -0.05) is 23.2 Å². The lowest BCUT2D eigenvalue weighted by atomic mass is 9.96. The van der Waals surface area contributed by atoms with Gasteiger partial charge in [-0.2, -0.15) is 0 Å². The first-order chi connectivity index (χ1) is 7.49. The van der Waals surface area contributed by atoms with E-state index in [2.05, 4.69) is 0 Å². The minimum absolute atomic E-state index is 0.106. The van der Waals surface area contributed by atoms with Crippen LogP contribution in [-0.2, 0) is 4.79 Å². The van der Waals surface area contributed by atoms with Gasteiger partial charge in [0.15, 0.2) is 0 Å². The van der Waals surface area contributed by atoms with Gasteiger partial charge >= 0.3 is 0 Å². The van der Waals surface area contributed by atoms with Gasteiger partial charge in [-0.15, -0.1) is 0 Å². The Balaban J connectivity index is 2.40. The monoisotopic (exact) mass is 259 g/mol. The number of hydrogen-bond donors (Lipinski definition) is 1. The number of carbonyl (C=O) groups excluding carboxylic acids is 1. The largest absolute Gasteiger partial charge is 0.390 e. The van der Waals surface area contributed by atoms with E-state index in [9.17, 15) is 9.90 Å². The molecule has 1 saturated heterocycles. The highest BCUT2D eigenvalue weighted by Gasteiger charge is 2.38. The highest BCUT2D eigenvalue weighted by Crippen LogP contribution is 2.31. The third kappa shape index (κ3) is 2.03. The van der Waals surface area contributed by atoms with Crippen LogP contribution >= 0.6 is 23.2 Å². The number of halogens is 2. The lowest BCUT2D eigenvalue weighted by Crippen LogP contribution is -2.21. The predicted octanol–water partition coefficient (Wildman–Crippen LogP) is 1.91. The number of hydrogen-bond acceptors (Lipinski definition) is 2. The molecule has 0 radical (unpaired) electrons. The average Bonchev–Trinajstić information content (AvgIpc) is 2.39. The fraction of sp³-hybridized carbons (Fsp3) is 0.364. The summed E-state index contributed by atoms with van der Waals surface area (Å²) in [7, 11) is 1.66. The second kappa shape index (κ2) is 4.24. The van der Waals surface area contributed by atoms with Crippen molar-refractivity contribution in [2.24, 2.45) is 0 Å². The Morgan fingerprint density at radius 2 is 1.88 bits per heavy atom. The number of likely N-dealkylation sites (N-methyl/N-ethyl adjacent to an activating group) is 1. The van der Waals surface area contributed by atoms with E-state index in [1.165, 1.54) is 4.90 Å². The van der Waals surface area contributed by atoms with Crippen molar-refractivity contribution in [3.05, 3.63) is 33.8 Å². The molecule has 3 nitrogen and oxygen atoms in total. The molecule has 1 aromatic rings. The van der Waals surface area contributed by atoms with Crippen molar-refractivity contribution < 1.29 is 9.90 Å². The highest BCUT2D eigenvalue weighted by atomic mass is 35.5. The number of nitrogens with zero attached hydrogens (tertiary/aromatic N) is 1. The van der Waals surface area contributed by atoms with Gasteiger partial charge in [0.1, 0.15) is 0 Å². The second-order valence-electron chi connectivity index (χ2n) is 3.97. The van der Waals surface area contributed by atoms with Crippen molar-refractivity contribution in [2.75, 3.05) is 13.6 Å². The molecular formula is C11H11Cl2NO2. The van der Waals surface area contributed by atoms with Gasteiger partial charge in [0.25, 0.3) is 0 Å². The average molecular weight is 260 g/mol. The minimum atomic E-state index is -0.702. The van der Waals surface area contributed by atoms with Crippen LogP contribution in [0.25, 0.3) is 0 Å². The molecule has 0 aliphatic carbocycles. The number of aliphatic hydroxyl groups excluding tert-OH is 1. The number of aliphatic hydroxyl groups is 1. The molecular weight excluding hydrogens is 249 g/mol. The van der Waals surface area contributed by atoms with Gasteiger partial charge < -0.3 is 10.0 Å². The number of likely N-dealkylation sites (tertiary alicyclic amines) is 1. The molecule has 1 aromatic carbocycles. The molecule has 1 aliphatic rings. The maximum absolute atomic E-state index is 11.8. The smallest absolute Gasteiger partial charge is 0.232 e. The summed E-state index contributed by atoms with van der Waals surface area (Å²) in [4.78, 5) is 13.3. The Morgan fingerprint density at radius 3 is 2.31 bits per heavy atom. The van der Waals surface area contributed by atoms with E-state index < -0.39 is 12.0 Å². The molecule has 1 aliphatic heterocycles. The molecule has 1 fully saturated rings. The van der Waals surface area contributed by atoms with Gasteiger partial charge in [-0.05, 0) is 23.8 Å². The summed E-state index contributed by atoms with van der Waals surface area (Å²) in [6.45, 7) is 0.341. The van der Waals surface area contributed by atoms with E-state index in [0.29, 0.717) is 22.2 Å². The topological polar surface area (TPSA) is 40.5 Å². The van der Waals surface area contributed by atoms with Gasteiger partial charge in [0.2, 0.25) is 5.91 Å². The fourth-order valence-electron chi connectivity index (χ4n) is 2.00. The molecule has 0 aromatic heterocycles. The molecule has 16 heavy (non-hydrogen) atoms. The minimum Gasteiger partial charge on any atom is -0.390 e. The van der Waals surface area contributed by atoms with E-state index in [4.69, 9.17) is 23.2 Å². The van der Waals surface area contributed by atoms with Crippen LogP contribution in [0.1, 0.15) is 11.5 Å². The predicted molar refractivity (Wildman–Crippen MR) is 62.8 cm³/mol. The maximum atomic E-state index is 11.8. The molecule has 2 rings (SSSR count). The zero-order valence-electron chi connectivity index (χ0n) is 8.65. The maximum Gasteiger partial charge on any atom is 0.232 e. The Kier molecular flexibility index (Phi) is 3.10. The van der Waals surface area contributed by atoms with Crippen LogP contribution in [-0.4, -0.2) is 35.6 Å². The van der Waals surface area contributed by atoms with E-state index in [1.807, 2.05) is 0 Å². The summed E-state index contributed by atoms with van der Waals surface area (Å²) >= 11 is 11.7. The summed E-state index contributed by atoms with van der Waals surface area (Å²) in [6, 6.07) is 4.93. The zero-order chi connectivity index (χ0) is 11.9. The van der Waals surface area contributed by atoms with Crippen molar-refractivity contribution in [2.45, 2.75) is 12.0 Å². The van der Waals surface area contributed by atoms with Crippen LogP contribution in [0, 0.1) is 0 Å². The molecule has 0 bridgehead atoms. The fourth-order valence-corrected chi connectivity index (χ4v) is 2.54. The number of amides is 1. The number of carbonyl (C=O) groups is 1. The lowest BCUT2D eigenvalue weighted by Gasteiger charge is -2.13. The molecule has 2 atom stereocenters. The Labute approximate surface area is 104 Å². The first-order valence-corrected chi connectivity index (χ1v) is 5.63. The summed E-state index contributed by atoms with van der Waals surface area (Å²) < 4.78 is 0. The Bertz CT molecular complexity index is 416. The van der Waals surface area contributed by atoms with Gasteiger partial charge in [-0.25, -0.2) is 0 Å². The SMILES string of the molecule is CN1CC(O)C(c2cc(Cl)cc(Cl)c2)C1=O. The van der Waals surface area contributed by atoms with E-state index >= 15 is 0 Å². The lowest BCUT2D eigenvalue weighted by molar-refractivity contribution is -0.128. The van der Waals surface area contributed by atoms with Crippen molar-refractivity contribution in [3.63, 3.8) is 0 Å². The molecule has 2 unspecified atom stereocenters. The summed E-state index contributed by atoms with van der Waals surface area (Å²) in [6.07, 6.45) is -0.702. The zero-order valence-corrected chi connectivity index (χ0v) is 10.2.